The molecule has 9 rings (SSSR count). The van der Waals surface area contributed by atoms with E-state index in [9.17, 15) is 0 Å². The molecule has 4 heteroatoms. The van der Waals surface area contributed by atoms with E-state index in [1.54, 1.807) is 0 Å². The molecular formula is C60H66BN3. The summed E-state index contributed by atoms with van der Waals surface area (Å²) < 4.78 is 0. The van der Waals surface area contributed by atoms with Crippen molar-refractivity contribution in [1.29, 1.82) is 0 Å². The van der Waals surface area contributed by atoms with Gasteiger partial charge in [0.15, 0.2) is 0 Å². The number of benzene rings is 7. The Kier molecular flexibility index (Phi) is 10.4. The van der Waals surface area contributed by atoms with Crippen LogP contribution in [0.1, 0.15) is 116 Å². The maximum atomic E-state index is 2.62. The van der Waals surface area contributed by atoms with E-state index in [1.807, 2.05) is 0 Å². The maximum Gasteiger partial charge on any atom is 0.252 e. The van der Waals surface area contributed by atoms with Gasteiger partial charge in [-0.25, -0.2) is 0 Å². The number of rotatable bonds is 5. The van der Waals surface area contributed by atoms with Crippen molar-refractivity contribution in [3.63, 3.8) is 0 Å². The van der Waals surface area contributed by atoms with Gasteiger partial charge in [-0.3, -0.25) is 0 Å². The second kappa shape index (κ2) is 15.3. The van der Waals surface area contributed by atoms with Gasteiger partial charge in [0.05, 0.1) is 5.69 Å². The van der Waals surface area contributed by atoms with Crippen LogP contribution in [0.15, 0.2) is 146 Å². The molecule has 0 radical (unpaired) electrons. The molecule has 0 spiro atoms. The fraction of sp³-hybridized carbons (Fsp3) is 0.300. The minimum Gasteiger partial charge on any atom is -0.311 e. The van der Waals surface area contributed by atoms with Crippen LogP contribution in [0.2, 0.25) is 0 Å². The van der Waals surface area contributed by atoms with Crippen LogP contribution in [0.25, 0.3) is 0 Å². The summed E-state index contributed by atoms with van der Waals surface area (Å²) in [5.74, 6) is 0. The molecule has 0 bridgehead atoms. The van der Waals surface area contributed by atoms with Crippen molar-refractivity contribution in [3.05, 3.63) is 179 Å². The van der Waals surface area contributed by atoms with Gasteiger partial charge in [0.1, 0.15) is 0 Å². The van der Waals surface area contributed by atoms with Crippen molar-refractivity contribution in [1.82, 2.24) is 0 Å². The van der Waals surface area contributed by atoms with E-state index in [1.165, 1.54) is 83.9 Å². The summed E-state index contributed by atoms with van der Waals surface area (Å²) in [4.78, 5) is 7.65. The molecule has 64 heavy (non-hydrogen) atoms. The van der Waals surface area contributed by atoms with Gasteiger partial charge >= 0.3 is 0 Å². The fourth-order valence-electron chi connectivity index (χ4n) is 9.91. The van der Waals surface area contributed by atoms with Crippen molar-refractivity contribution in [3.8, 4) is 0 Å². The molecule has 0 aromatic heterocycles. The third-order valence-corrected chi connectivity index (χ3v) is 13.7. The van der Waals surface area contributed by atoms with E-state index in [2.05, 4.69) is 257 Å². The first-order valence-corrected chi connectivity index (χ1v) is 23.3. The van der Waals surface area contributed by atoms with E-state index in [0.717, 1.165) is 17.1 Å². The topological polar surface area (TPSA) is 9.72 Å². The number of fused-ring (bicyclic) bond motifs is 4. The highest BCUT2D eigenvalue weighted by molar-refractivity contribution is 7.00. The Morgan fingerprint density at radius 2 is 0.734 bits per heavy atom. The molecule has 3 nitrogen and oxygen atoms in total. The normalized spacial score (nSPS) is 13.7. The Morgan fingerprint density at radius 1 is 0.344 bits per heavy atom. The van der Waals surface area contributed by atoms with E-state index in [-0.39, 0.29) is 28.4 Å². The Balaban J connectivity index is 1.45. The standard InChI is InChI=1S/C60H66BN3/c1-39-33-41(57(3,4)5)26-30-50(39)63-52-32-28-43(59(9,10)11)35-49(52)61-48-29-25-44(60(12,13)14)36-53(48)64(51-31-27-42(34-40(51)2)58(6,7)8)55-38-47(37-54(63)56(55)61)62(45-21-17-15-18-22-45)46-23-19-16-20-24-46/h15-38H,1-14H3. The van der Waals surface area contributed by atoms with Crippen molar-refractivity contribution < 1.29 is 0 Å². The van der Waals surface area contributed by atoms with Gasteiger partial charge in [-0.2, -0.15) is 0 Å². The Hall–Kier alpha value is -6.00. The molecule has 0 saturated heterocycles. The molecular weight excluding hydrogens is 773 g/mol. The molecule has 0 unspecified atom stereocenters. The Bertz CT molecular complexity index is 2860. The van der Waals surface area contributed by atoms with Crippen LogP contribution in [0.3, 0.4) is 0 Å². The fourth-order valence-corrected chi connectivity index (χ4v) is 9.91. The minimum atomic E-state index is -0.0477. The number of anilines is 9. The predicted molar refractivity (Wildman–Crippen MR) is 279 cm³/mol. The molecule has 2 aliphatic heterocycles. The SMILES string of the molecule is Cc1cc(C(C)(C)C)ccc1N1c2ccc(C(C)(C)C)cc2B2c3ccc(C(C)(C)C)cc3N(c3ccc(C(C)(C)C)cc3C)c3cc(N(c4ccccc4)c4ccccc4)cc1c32. The number of aryl methyl sites for hydroxylation is 2. The zero-order valence-electron chi connectivity index (χ0n) is 40.8. The second-order valence-electron chi connectivity index (χ2n) is 22.6. The van der Waals surface area contributed by atoms with Crippen LogP contribution in [-0.2, 0) is 21.7 Å². The smallest absolute Gasteiger partial charge is 0.252 e. The molecule has 7 aromatic rings. The summed E-state index contributed by atoms with van der Waals surface area (Å²) in [5.41, 5.74) is 22.5. The highest BCUT2D eigenvalue weighted by atomic mass is 15.2. The van der Waals surface area contributed by atoms with E-state index >= 15 is 0 Å². The van der Waals surface area contributed by atoms with Crippen LogP contribution in [0, 0.1) is 13.8 Å². The number of hydrogen-bond donors (Lipinski definition) is 0. The van der Waals surface area contributed by atoms with Crippen LogP contribution < -0.4 is 31.1 Å². The molecule has 0 fully saturated rings. The highest BCUT2D eigenvalue weighted by Crippen LogP contribution is 2.50. The first-order chi connectivity index (χ1) is 30.1. The molecule has 0 atom stereocenters. The molecule has 0 aliphatic carbocycles. The van der Waals surface area contributed by atoms with Gasteiger partial charge in [-0.1, -0.05) is 168 Å². The van der Waals surface area contributed by atoms with Crippen LogP contribution in [-0.4, -0.2) is 6.71 Å². The van der Waals surface area contributed by atoms with Gasteiger partial charge in [-0.15, -0.1) is 0 Å². The van der Waals surface area contributed by atoms with E-state index < -0.39 is 0 Å². The van der Waals surface area contributed by atoms with Crippen LogP contribution in [0.5, 0.6) is 0 Å². The molecule has 0 N–H and O–H groups in total. The second-order valence-corrected chi connectivity index (χ2v) is 22.6. The maximum absolute atomic E-state index is 2.62. The lowest BCUT2D eigenvalue weighted by Crippen LogP contribution is -2.61. The van der Waals surface area contributed by atoms with Gasteiger partial charge in [0, 0.05) is 45.5 Å². The lowest BCUT2D eigenvalue weighted by molar-refractivity contribution is 0.589. The average Bonchev–Trinajstić information content (AvgIpc) is 3.23. The third-order valence-electron chi connectivity index (χ3n) is 13.7. The van der Waals surface area contributed by atoms with Crippen molar-refractivity contribution in [2.75, 3.05) is 14.7 Å². The number of hydrogen-bond acceptors (Lipinski definition) is 3. The van der Waals surface area contributed by atoms with Crippen molar-refractivity contribution in [2.45, 2.75) is 119 Å². The minimum absolute atomic E-state index is 0.00178. The van der Waals surface area contributed by atoms with Crippen molar-refractivity contribution >= 4 is 74.3 Å². The molecule has 0 saturated carbocycles. The first-order valence-electron chi connectivity index (χ1n) is 23.3. The van der Waals surface area contributed by atoms with Gasteiger partial charge < -0.3 is 14.7 Å². The zero-order chi connectivity index (χ0) is 45.7. The zero-order valence-corrected chi connectivity index (χ0v) is 40.8. The van der Waals surface area contributed by atoms with Gasteiger partial charge in [0.25, 0.3) is 6.71 Å². The Labute approximate surface area is 384 Å². The predicted octanol–water partition coefficient (Wildman–Crippen LogP) is 15.0. The lowest BCUT2D eigenvalue weighted by atomic mass is 9.33. The van der Waals surface area contributed by atoms with Crippen molar-refractivity contribution in [2.24, 2.45) is 0 Å². The van der Waals surface area contributed by atoms with E-state index in [0.29, 0.717) is 0 Å². The van der Waals surface area contributed by atoms with Crippen LogP contribution in [0.4, 0.5) is 51.2 Å². The summed E-state index contributed by atoms with van der Waals surface area (Å²) in [7, 11) is 0. The number of nitrogens with zero attached hydrogens (tertiary/aromatic N) is 3. The largest absolute Gasteiger partial charge is 0.311 e. The molecule has 7 aromatic carbocycles. The monoisotopic (exact) mass is 840 g/mol. The summed E-state index contributed by atoms with van der Waals surface area (Å²) in [5, 5.41) is 0. The highest BCUT2D eigenvalue weighted by Gasteiger charge is 2.45. The summed E-state index contributed by atoms with van der Waals surface area (Å²) in [6, 6.07) is 55.7. The average molecular weight is 840 g/mol. The van der Waals surface area contributed by atoms with Crippen LogP contribution >= 0.6 is 0 Å². The lowest BCUT2D eigenvalue weighted by Gasteiger charge is -2.46. The molecule has 0 amide bonds. The Morgan fingerprint density at radius 3 is 1.17 bits per heavy atom. The third kappa shape index (κ3) is 7.53. The quantitative estimate of drug-likeness (QED) is 0.160. The molecule has 2 aliphatic rings. The number of para-hydroxylation sites is 2. The summed E-state index contributed by atoms with van der Waals surface area (Å²) in [6.07, 6.45) is 0. The summed E-state index contributed by atoms with van der Waals surface area (Å²) >= 11 is 0. The summed E-state index contributed by atoms with van der Waals surface area (Å²) in [6.45, 7) is 32.5. The molecule has 324 valence electrons. The van der Waals surface area contributed by atoms with Gasteiger partial charge in [-0.05, 0) is 146 Å². The van der Waals surface area contributed by atoms with Gasteiger partial charge in [0.2, 0.25) is 0 Å². The van der Waals surface area contributed by atoms with E-state index in [4.69, 9.17) is 0 Å². The first kappa shape index (κ1) is 43.3. The molecule has 2 heterocycles.